The van der Waals surface area contributed by atoms with Gasteiger partial charge in [-0.15, -0.1) is 0 Å². The van der Waals surface area contributed by atoms with Gasteiger partial charge in [-0.25, -0.2) is 4.98 Å². The highest BCUT2D eigenvalue weighted by Crippen LogP contribution is 2.20. The normalized spacial score (nSPS) is 10.2. The molecular weight excluding hydrogens is 379 g/mol. The molecule has 1 heterocycles. The second kappa shape index (κ2) is 5.14. The highest BCUT2D eigenvalue weighted by Gasteiger charge is 1.99. The van der Waals surface area contributed by atoms with Gasteiger partial charge in [0, 0.05) is 13.7 Å². The van der Waals surface area contributed by atoms with Crippen molar-refractivity contribution in [3.8, 4) is 0 Å². The fourth-order valence-electron chi connectivity index (χ4n) is 1.29. The Morgan fingerprint density at radius 1 is 1.12 bits per heavy atom. The largest absolute Gasteiger partial charge is 0.340 e. The lowest BCUT2D eigenvalue weighted by atomic mass is 10.3. The molecule has 0 saturated carbocycles. The molecular formula is C12H10BrIN2. The maximum atomic E-state index is 4.43. The van der Waals surface area contributed by atoms with E-state index >= 15 is 0 Å². The Balaban J connectivity index is 2.20. The van der Waals surface area contributed by atoms with Gasteiger partial charge in [0.2, 0.25) is 0 Å². The van der Waals surface area contributed by atoms with Gasteiger partial charge in [-0.2, -0.15) is 0 Å². The van der Waals surface area contributed by atoms with Gasteiger partial charge in [-0.05, 0) is 81.8 Å². The van der Waals surface area contributed by atoms with Crippen LogP contribution >= 0.6 is 38.5 Å². The zero-order valence-electron chi connectivity index (χ0n) is 8.67. The molecule has 1 N–H and O–H groups in total. The van der Waals surface area contributed by atoms with Crippen LogP contribution in [-0.2, 0) is 0 Å². The first-order chi connectivity index (χ1) is 7.65. The van der Waals surface area contributed by atoms with Crippen LogP contribution in [0.15, 0.2) is 40.9 Å². The monoisotopic (exact) mass is 388 g/mol. The molecule has 2 rings (SSSR count). The number of anilines is 2. The van der Waals surface area contributed by atoms with Gasteiger partial charge in [0.15, 0.2) is 0 Å². The fourth-order valence-corrected chi connectivity index (χ4v) is 1.88. The van der Waals surface area contributed by atoms with E-state index in [0.29, 0.717) is 0 Å². The molecule has 0 aliphatic heterocycles. The van der Waals surface area contributed by atoms with E-state index < -0.39 is 0 Å². The molecule has 0 radical (unpaired) electrons. The summed E-state index contributed by atoms with van der Waals surface area (Å²) in [5.74, 6) is 0.863. The standard InChI is InChI=1S/C12H10BrIN2/c1-8-11(13)6-7-12(15-8)16-10-4-2-9(14)3-5-10/h2-7H,1H3,(H,15,16). The zero-order valence-corrected chi connectivity index (χ0v) is 12.4. The predicted molar refractivity (Wildman–Crippen MR) is 79.1 cm³/mol. The first kappa shape index (κ1) is 11.9. The summed E-state index contributed by atoms with van der Waals surface area (Å²) in [5.41, 5.74) is 2.03. The van der Waals surface area contributed by atoms with Crippen molar-refractivity contribution < 1.29 is 0 Å². The van der Waals surface area contributed by atoms with Crippen LogP contribution in [0.4, 0.5) is 11.5 Å². The van der Waals surface area contributed by atoms with Crippen molar-refractivity contribution in [2.45, 2.75) is 6.92 Å². The van der Waals surface area contributed by atoms with E-state index in [0.717, 1.165) is 21.7 Å². The van der Waals surface area contributed by atoms with Crippen LogP contribution in [0.25, 0.3) is 0 Å². The number of pyridine rings is 1. The quantitative estimate of drug-likeness (QED) is 0.766. The molecule has 16 heavy (non-hydrogen) atoms. The summed E-state index contributed by atoms with van der Waals surface area (Å²) in [6.07, 6.45) is 0. The maximum absolute atomic E-state index is 4.43. The SMILES string of the molecule is Cc1nc(Nc2ccc(I)cc2)ccc1Br. The summed E-state index contributed by atoms with van der Waals surface area (Å²) < 4.78 is 2.25. The summed E-state index contributed by atoms with van der Waals surface area (Å²) in [6.45, 7) is 1.98. The summed E-state index contributed by atoms with van der Waals surface area (Å²) in [6, 6.07) is 12.2. The van der Waals surface area contributed by atoms with Crippen LogP contribution < -0.4 is 5.32 Å². The lowest BCUT2D eigenvalue weighted by molar-refractivity contribution is 1.18. The smallest absolute Gasteiger partial charge is 0.130 e. The minimum atomic E-state index is 0.863. The molecule has 1 aromatic carbocycles. The Hall–Kier alpha value is -0.620. The number of aromatic nitrogens is 1. The van der Waals surface area contributed by atoms with E-state index in [2.05, 4.69) is 61.0 Å². The topological polar surface area (TPSA) is 24.9 Å². The Kier molecular flexibility index (Phi) is 3.81. The second-order valence-corrected chi connectivity index (χ2v) is 5.50. The van der Waals surface area contributed by atoms with Gasteiger partial charge in [-0.3, -0.25) is 0 Å². The van der Waals surface area contributed by atoms with E-state index in [9.17, 15) is 0 Å². The molecule has 0 aliphatic rings. The predicted octanol–water partition coefficient (Wildman–Crippen LogP) is 4.50. The van der Waals surface area contributed by atoms with E-state index in [1.165, 1.54) is 3.57 Å². The van der Waals surface area contributed by atoms with Crippen molar-refractivity contribution in [1.82, 2.24) is 4.98 Å². The van der Waals surface area contributed by atoms with Gasteiger partial charge < -0.3 is 5.32 Å². The molecule has 0 bridgehead atoms. The van der Waals surface area contributed by atoms with Crippen molar-refractivity contribution in [1.29, 1.82) is 0 Å². The van der Waals surface area contributed by atoms with Gasteiger partial charge in [-0.1, -0.05) is 0 Å². The van der Waals surface area contributed by atoms with E-state index in [4.69, 9.17) is 0 Å². The van der Waals surface area contributed by atoms with Crippen molar-refractivity contribution in [2.24, 2.45) is 0 Å². The Morgan fingerprint density at radius 2 is 1.81 bits per heavy atom. The highest BCUT2D eigenvalue weighted by atomic mass is 127. The van der Waals surface area contributed by atoms with Crippen LogP contribution in [0.3, 0.4) is 0 Å². The third-order valence-corrected chi connectivity index (χ3v) is 3.70. The number of aryl methyl sites for hydroxylation is 1. The first-order valence-electron chi connectivity index (χ1n) is 4.81. The van der Waals surface area contributed by atoms with Crippen molar-refractivity contribution >= 4 is 50.0 Å². The number of hydrogen-bond acceptors (Lipinski definition) is 2. The third-order valence-electron chi connectivity index (χ3n) is 2.14. The molecule has 2 aromatic rings. The average molecular weight is 389 g/mol. The molecule has 0 unspecified atom stereocenters. The van der Waals surface area contributed by atoms with Crippen LogP contribution in [0.2, 0.25) is 0 Å². The van der Waals surface area contributed by atoms with E-state index in [-0.39, 0.29) is 0 Å². The van der Waals surface area contributed by atoms with Crippen molar-refractivity contribution in [2.75, 3.05) is 5.32 Å². The lowest BCUT2D eigenvalue weighted by Gasteiger charge is -2.07. The molecule has 1 aromatic heterocycles. The molecule has 0 fully saturated rings. The number of nitrogens with one attached hydrogen (secondary N) is 1. The number of rotatable bonds is 2. The fraction of sp³-hybridized carbons (Fsp3) is 0.0833. The number of nitrogens with zero attached hydrogens (tertiary/aromatic N) is 1. The van der Waals surface area contributed by atoms with Gasteiger partial charge >= 0.3 is 0 Å². The van der Waals surface area contributed by atoms with Crippen molar-refractivity contribution in [3.63, 3.8) is 0 Å². The molecule has 0 saturated heterocycles. The maximum Gasteiger partial charge on any atom is 0.130 e. The van der Waals surface area contributed by atoms with E-state index in [1.807, 2.05) is 31.2 Å². The lowest BCUT2D eigenvalue weighted by Crippen LogP contribution is -1.95. The first-order valence-corrected chi connectivity index (χ1v) is 6.68. The zero-order chi connectivity index (χ0) is 11.5. The summed E-state index contributed by atoms with van der Waals surface area (Å²) >= 11 is 5.72. The van der Waals surface area contributed by atoms with Crippen LogP contribution in [0.1, 0.15) is 5.69 Å². The molecule has 4 heteroatoms. The highest BCUT2D eigenvalue weighted by molar-refractivity contribution is 14.1. The number of hydrogen-bond donors (Lipinski definition) is 1. The Bertz CT molecular complexity index is 497. The van der Waals surface area contributed by atoms with Gasteiger partial charge in [0.05, 0.1) is 5.69 Å². The molecule has 0 amide bonds. The Morgan fingerprint density at radius 3 is 2.44 bits per heavy atom. The molecule has 2 nitrogen and oxygen atoms in total. The third kappa shape index (κ3) is 2.95. The van der Waals surface area contributed by atoms with Crippen LogP contribution in [0, 0.1) is 10.5 Å². The van der Waals surface area contributed by atoms with Crippen LogP contribution in [0.5, 0.6) is 0 Å². The van der Waals surface area contributed by atoms with Gasteiger partial charge in [0.1, 0.15) is 5.82 Å². The molecule has 0 atom stereocenters. The van der Waals surface area contributed by atoms with Crippen molar-refractivity contribution in [3.05, 3.63) is 50.1 Å². The minimum absolute atomic E-state index is 0.863. The Labute approximate surface area is 117 Å². The second-order valence-electron chi connectivity index (χ2n) is 3.40. The van der Waals surface area contributed by atoms with E-state index in [1.54, 1.807) is 0 Å². The number of benzene rings is 1. The summed E-state index contributed by atoms with van der Waals surface area (Å²) in [5, 5.41) is 3.26. The summed E-state index contributed by atoms with van der Waals surface area (Å²) in [4.78, 5) is 4.43. The van der Waals surface area contributed by atoms with Gasteiger partial charge in [0.25, 0.3) is 0 Å². The molecule has 82 valence electrons. The van der Waals surface area contributed by atoms with Crippen LogP contribution in [-0.4, -0.2) is 4.98 Å². The minimum Gasteiger partial charge on any atom is -0.340 e. The number of halogens is 2. The molecule has 0 spiro atoms. The summed E-state index contributed by atoms with van der Waals surface area (Å²) in [7, 11) is 0. The average Bonchev–Trinajstić information content (AvgIpc) is 2.27. The molecule has 0 aliphatic carbocycles.